The topological polar surface area (TPSA) is 58.6 Å². The van der Waals surface area contributed by atoms with Crippen LogP contribution in [0.5, 0.6) is 5.75 Å². The zero-order chi connectivity index (χ0) is 25.6. The summed E-state index contributed by atoms with van der Waals surface area (Å²) in [4.78, 5) is 11.8. The van der Waals surface area contributed by atoms with Gasteiger partial charge in [-0.25, -0.2) is 0 Å². The highest BCUT2D eigenvalue weighted by Gasteiger charge is 2.57. The van der Waals surface area contributed by atoms with Crippen molar-refractivity contribution >= 4 is 5.91 Å². The standard InChI is InChI=1S/C26H36F5NO3/c1-2-3-4-5-6-7-10-19-20-12-17-9-8-11-23(21(17)13-18(20)14-22(19)33)35-15-24(34)32-16-25(27,28)26(29,30)31/h8-9,11,18-20,22,33H,2-7,10,12-16H2,1H3,(H,32,34)/t18-,19+,20-,22+/m0/s1. The van der Waals surface area contributed by atoms with Crippen LogP contribution in [-0.4, -0.2) is 42.4 Å². The quantitative estimate of drug-likeness (QED) is 0.277. The summed E-state index contributed by atoms with van der Waals surface area (Å²) >= 11 is 0. The van der Waals surface area contributed by atoms with E-state index in [1.165, 1.54) is 32.1 Å². The number of fused-ring (bicyclic) bond motifs is 2. The molecule has 3 rings (SSSR count). The predicted molar refractivity (Wildman–Crippen MR) is 122 cm³/mol. The van der Waals surface area contributed by atoms with Crippen LogP contribution in [0.15, 0.2) is 18.2 Å². The number of ether oxygens (including phenoxy) is 1. The zero-order valence-electron chi connectivity index (χ0n) is 20.2. The van der Waals surface area contributed by atoms with Gasteiger partial charge >= 0.3 is 12.1 Å². The maximum atomic E-state index is 13.0. The fourth-order valence-electron chi connectivity index (χ4n) is 5.60. The van der Waals surface area contributed by atoms with Gasteiger partial charge in [0, 0.05) is 0 Å². The monoisotopic (exact) mass is 505 g/mol. The van der Waals surface area contributed by atoms with Gasteiger partial charge in [-0.05, 0) is 60.6 Å². The van der Waals surface area contributed by atoms with Gasteiger partial charge < -0.3 is 15.2 Å². The van der Waals surface area contributed by atoms with Gasteiger partial charge in [0.15, 0.2) is 6.61 Å². The maximum Gasteiger partial charge on any atom is 0.455 e. The Bertz CT molecular complexity index is 845. The normalized spacial score (nSPS) is 24.1. The van der Waals surface area contributed by atoms with Crippen LogP contribution in [0.2, 0.25) is 0 Å². The van der Waals surface area contributed by atoms with Gasteiger partial charge in [-0.15, -0.1) is 0 Å². The molecule has 1 aromatic rings. The SMILES string of the molecule is CCCCCCCC[C@@H]1[C@H]2Cc3cccc(OCC(=O)NCC(F)(F)C(F)(F)F)c3C[C@H]2C[C@H]1O. The van der Waals surface area contributed by atoms with Crippen LogP contribution in [0.1, 0.15) is 69.4 Å². The van der Waals surface area contributed by atoms with Crippen molar-refractivity contribution < 1.29 is 36.6 Å². The van der Waals surface area contributed by atoms with Crippen LogP contribution in [0.25, 0.3) is 0 Å². The molecule has 1 amide bonds. The number of carbonyl (C=O) groups is 1. The summed E-state index contributed by atoms with van der Waals surface area (Å²) in [5, 5.41) is 12.3. The summed E-state index contributed by atoms with van der Waals surface area (Å²) in [6.45, 7) is -0.282. The Labute approximate surface area is 203 Å². The van der Waals surface area contributed by atoms with E-state index in [0.717, 1.165) is 30.4 Å². The Kier molecular flexibility index (Phi) is 9.40. The van der Waals surface area contributed by atoms with Gasteiger partial charge in [-0.3, -0.25) is 4.79 Å². The number of benzene rings is 1. The number of aliphatic hydroxyl groups excluding tert-OH is 1. The molecule has 198 valence electrons. The van der Waals surface area contributed by atoms with Gasteiger partial charge in [0.1, 0.15) is 5.75 Å². The maximum absolute atomic E-state index is 13.0. The molecule has 2 N–H and O–H groups in total. The van der Waals surface area contributed by atoms with E-state index in [-0.39, 0.29) is 12.0 Å². The second-order valence-corrected chi connectivity index (χ2v) is 10.0. The minimum Gasteiger partial charge on any atom is -0.483 e. The minimum atomic E-state index is -5.73. The second kappa shape index (κ2) is 11.9. The molecule has 35 heavy (non-hydrogen) atoms. The van der Waals surface area contributed by atoms with Crippen molar-refractivity contribution in [1.82, 2.24) is 5.32 Å². The number of alkyl halides is 5. The fraction of sp³-hybridized carbons (Fsp3) is 0.731. The molecule has 9 heteroatoms. The third-order valence-electron chi connectivity index (χ3n) is 7.52. The van der Waals surface area contributed by atoms with Crippen LogP contribution < -0.4 is 10.1 Å². The number of amides is 1. The van der Waals surface area contributed by atoms with Gasteiger partial charge in [0.2, 0.25) is 0 Å². The molecule has 0 bridgehead atoms. The molecule has 2 aliphatic rings. The molecule has 2 aliphatic carbocycles. The van der Waals surface area contributed by atoms with Crippen molar-refractivity contribution in [3.8, 4) is 5.75 Å². The molecule has 0 aromatic heterocycles. The first-order valence-electron chi connectivity index (χ1n) is 12.7. The van der Waals surface area contributed by atoms with Gasteiger partial charge in [0.05, 0.1) is 12.6 Å². The highest BCUT2D eigenvalue weighted by molar-refractivity contribution is 5.77. The molecule has 4 atom stereocenters. The molecule has 4 nitrogen and oxygen atoms in total. The van der Waals surface area contributed by atoms with Crippen molar-refractivity contribution in [2.24, 2.45) is 17.8 Å². The van der Waals surface area contributed by atoms with Crippen molar-refractivity contribution in [3.63, 3.8) is 0 Å². The third-order valence-corrected chi connectivity index (χ3v) is 7.52. The Morgan fingerprint density at radius 3 is 2.51 bits per heavy atom. The van der Waals surface area contributed by atoms with Gasteiger partial charge in [0.25, 0.3) is 5.91 Å². The van der Waals surface area contributed by atoms with Crippen molar-refractivity contribution in [2.75, 3.05) is 13.2 Å². The summed E-state index contributed by atoms with van der Waals surface area (Å²) in [7, 11) is 0. The van der Waals surface area contributed by atoms with E-state index in [1.54, 1.807) is 17.4 Å². The van der Waals surface area contributed by atoms with Crippen LogP contribution in [0.4, 0.5) is 22.0 Å². The molecular weight excluding hydrogens is 469 g/mol. The third kappa shape index (κ3) is 7.08. The van der Waals surface area contributed by atoms with E-state index in [4.69, 9.17) is 4.74 Å². The fourth-order valence-corrected chi connectivity index (χ4v) is 5.60. The number of aliphatic hydroxyl groups is 1. The molecule has 1 aromatic carbocycles. The molecule has 0 heterocycles. The number of halogens is 5. The molecular formula is C26H36F5NO3. The number of rotatable bonds is 12. The lowest BCUT2D eigenvalue weighted by molar-refractivity contribution is -0.278. The first kappa shape index (κ1) is 27.7. The molecule has 1 saturated carbocycles. The van der Waals surface area contributed by atoms with Crippen LogP contribution in [0.3, 0.4) is 0 Å². The average Bonchev–Trinajstić information content (AvgIpc) is 3.10. The lowest BCUT2D eigenvalue weighted by Crippen LogP contribution is -2.47. The predicted octanol–water partition coefficient (Wildman–Crippen LogP) is 5.84. The van der Waals surface area contributed by atoms with Crippen molar-refractivity contribution in [1.29, 1.82) is 0 Å². The average molecular weight is 506 g/mol. The number of carbonyl (C=O) groups excluding carboxylic acids is 1. The summed E-state index contributed by atoms with van der Waals surface area (Å²) in [5.74, 6) is -4.66. The molecule has 0 saturated heterocycles. The molecule has 0 aliphatic heterocycles. The van der Waals surface area contributed by atoms with E-state index in [2.05, 4.69) is 6.92 Å². The minimum absolute atomic E-state index is 0.268. The highest BCUT2D eigenvalue weighted by atomic mass is 19.4. The van der Waals surface area contributed by atoms with E-state index < -0.39 is 31.2 Å². The number of unbranched alkanes of at least 4 members (excludes halogenated alkanes) is 5. The largest absolute Gasteiger partial charge is 0.483 e. The second-order valence-electron chi connectivity index (χ2n) is 10.0. The summed E-state index contributed by atoms with van der Waals surface area (Å²) in [6, 6.07) is 5.46. The zero-order valence-corrected chi connectivity index (χ0v) is 20.2. The summed E-state index contributed by atoms with van der Waals surface area (Å²) in [6.07, 6.45) is 4.44. The van der Waals surface area contributed by atoms with Crippen molar-refractivity contribution in [3.05, 3.63) is 29.3 Å². The highest BCUT2D eigenvalue weighted by Crippen LogP contribution is 2.48. The summed E-state index contributed by atoms with van der Waals surface area (Å²) < 4.78 is 68.4. The smallest absolute Gasteiger partial charge is 0.455 e. The van der Waals surface area contributed by atoms with Gasteiger partial charge in [-0.1, -0.05) is 57.6 Å². The number of hydrogen-bond acceptors (Lipinski definition) is 3. The molecule has 0 unspecified atom stereocenters. The van der Waals surface area contributed by atoms with E-state index in [0.29, 0.717) is 30.4 Å². The van der Waals surface area contributed by atoms with Gasteiger partial charge in [-0.2, -0.15) is 22.0 Å². The number of hydrogen-bond donors (Lipinski definition) is 2. The van der Waals surface area contributed by atoms with E-state index >= 15 is 0 Å². The first-order chi connectivity index (χ1) is 16.5. The van der Waals surface area contributed by atoms with E-state index in [9.17, 15) is 31.9 Å². The lowest BCUT2D eigenvalue weighted by Gasteiger charge is -2.32. The van der Waals surface area contributed by atoms with Crippen molar-refractivity contribution in [2.45, 2.75) is 89.3 Å². The molecule has 1 fully saturated rings. The first-order valence-corrected chi connectivity index (χ1v) is 12.7. The molecule has 0 radical (unpaired) electrons. The molecule has 0 spiro atoms. The van der Waals surface area contributed by atoms with Crippen LogP contribution in [-0.2, 0) is 17.6 Å². The lowest BCUT2D eigenvalue weighted by atomic mass is 9.73. The van der Waals surface area contributed by atoms with Crippen LogP contribution >= 0.6 is 0 Å². The van der Waals surface area contributed by atoms with E-state index in [1.807, 2.05) is 6.07 Å². The number of nitrogens with one attached hydrogen (secondary N) is 1. The van der Waals surface area contributed by atoms with Crippen LogP contribution in [0, 0.1) is 17.8 Å². The summed E-state index contributed by atoms with van der Waals surface area (Å²) in [5.41, 5.74) is 2.00. The Morgan fingerprint density at radius 1 is 1.09 bits per heavy atom. The Morgan fingerprint density at radius 2 is 1.80 bits per heavy atom. The Balaban J connectivity index is 1.54. The Hall–Kier alpha value is -1.90.